The van der Waals surface area contributed by atoms with E-state index in [2.05, 4.69) is 0 Å². The van der Waals surface area contributed by atoms with Gasteiger partial charge in [-0.2, -0.15) is 0 Å². The third kappa shape index (κ3) is 13.3. The molecular formula is C32H50O6. The van der Waals surface area contributed by atoms with Crippen molar-refractivity contribution in [2.24, 2.45) is 11.8 Å². The number of carbonyl (C=O) groups is 4. The molecule has 0 aliphatic rings. The normalized spacial score (nSPS) is 11.1. The zero-order valence-corrected chi connectivity index (χ0v) is 24.2. The van der Waals surface area contributed by atoms with Crippen LogP contribution in [-0.4, -0.2) is 36.3 Å². The number of hydrogen-bond acceptors (Lipinski definition) is 6. The van der Waals surface area contributed by atoms with Gasteiger partial charge in [0.25, 0.3) is 0 Å². The molecule has 0 aliphatic carbocycles. The summed E-state index contributed by atoms with van der Waals surface area (Å²) >= 11 is 0. The van der Waals surface area contributed by atoms with Crippen molar-refractivity contribution in [3.05, 3.63) is 24.3 Å². The van der Waals surface area contributed by atoms with Crippen molar-refractivity contribution in [3.63, 3.8) is 0 Å². The molecular weight excluding hydrogens is 480 g/mol. The first kappa shape index (κ1) is 33.5. The van der Waals surface area contributed by atoms with Gasteiger partial charge >= 0.3 is 0 Å². The minimum absolute atomic E-state index is 0.0700. The standard InChI is InChI=1S/C32H50O6/c1-5-29(33)27(30(34)6-2)20-13-9-11-15-22-37-25-18-17-19-26(24-25)38-23-16-12-10-14-21-28(31(35)7-3)32(36)8-4/h17-19,24,27-28H,5-16,20-23H2,1-4H3. The fraction of sp³-hybridized carbons (Fsp3) is 0.688. The average molecular weight is 531 g/mol. The van der Waals surface area contributed by atoms with E-state index in [0.29, 0.717) is 51.7 Å². The van der Waals surface area contributed by atoms with Crippen LogP contribution in [-0.2, 0) is 19.2 Å². The van der Waals surface area contributed by atoms with Crippen LogP contribution in [0.4, 0.5) is 0 Å². The topological polar surface area (TPSA) is 86.7 Å². The van der Waals surface area contributed by atoms with Crippen molar-refractivity contribution in [1.82, 2.24) is 0 Å². The Morgan fingerprint density at radius 3 is 1.24 bits per heavy atom. The Hall–Kier alpha value is -2.50. The van der Waals surface area contributed by atoms with Gasteiger partial charge in [-0.15, -0.1) is 0 Å². The molecule has 0 fully saturated rings. The molecule has 0 aromatic heterocycles. The summed E-state index contributed by atoms with van der Waals surface area (Å²) in [6.45, 7) is 8.54. The number of rotatable bonds is 24. The van der Waals surface area contributed by atoms with E-state index >= 15 is 0 Å². The Bertz CT molecular complexity index is 749. The van der Waals surface area contributed by atoms with Gasteiger partial charge in [0.05, 0.1) is 25.0 Å². The summed E-state index contributed by atoms with van der Waals surface area (Å²) < 4.78 is 11.8. The van der Waals surface area contributed by atoms with Crippen LogP contribution < -0.4 is 9.47 Å². The van der Waals surface area contributed by atoms with E-state index in [0.717, 1.165) is 62.9 Å². The molecule has 6 heteroatoms. The lowest BCUT2D eigenvalue weighted by Gasteiger charge is -2.13. The summed E-state index contributed by atoms with van der Waals surface area (Å²) in [4.78, 5) is 48.0. The smallest absolute Gasteiger partial charge is 0.143 e. The lowest BCUT2D eigenvalue weighted by molar-refractivity contribution is -0.134. The molecule has 0 radical (unpaired) electrons. The number of carbonyl (C=O) groups excluding carboxylic acids is 4. The van der Waals surface area contributed by atoms with Crippen LogP contribution >= 0.6 is 0 Å². The monoisotopic (exact) mass is 530 g/mol. The molecule has 0 saturated carbocycles. The Kier molecular flexibility index (Phi) is 18.1. The molecule has 214 valence electrons. The highest BCUT2D eigenvalue weighted by Crippen LogP contribution is 2.21. The molecule has 1 aromatic carbocycles. The van der Waals surface area contributed by atoms with Crippen LogP contribution in [0.3, 0.4) is 0 Å². The first-order valence-corrected chi connectivity index (χ1v) is 14.8. The maximum absolute atomic E-state index is 12.0. The van der Waals surface area contributed by atoms with Gasteiger partial charge in [0.15, 0.2) is 0 Å². The minimum Gasteiger partial charge on any atom is -0.493 e. The van der Waals surface area contributed by atoms with E-state index in [1.807, 2.05) is 52.0 Å². The van der Waals surface area contributed by atoms with Crippen molar-refractivity contribution in [2.75, 3.05) is 13.2 Å². The van der Waals surface area contributed by atoms with E-state index in [9.17, 15) is 19.2 Å². The van der Waals surface area contributed by atoms with Crippen molar-refractivity contribution in [2.45, 2.75) is 118 Å². The summed E-state index contributed by atoms with van der Waals surface area (Å²) in [6, 6.07) is 7.69. The van der Waals surface area contributed by atoms with Crippen molar-refractivity contribution in [3.8, 4) is 11.5 Å². The maximum Gasteiger partial charge on any atom is 0.143 e. The minimum atomic E-state index is -0.413. The van der Waals surface area contributed by atoms with Crippen LogP contribution in [0.25, 0.3) is 0 Å². The van der Waals surface area contributed by atoms with Gasteiger partial charge in [-0.05, 0) is 37.8 Å². The molecule has 6 nitrogen and oxygen atoms in total. The third-order valence-electron chi connectivity index (χ3n) is 7.07. The Balaban J connectivity index is 2.20. The van der Waals surface area contributed by atoms with Gasteiger partial charge in [-0.1, -0.05) is 72.3 Å². The van der Waals surface area contributed by atoms with Crippen molar-refractivity contribution in [1.29, 1.82) is 0 Å². The number of Topliss-reactive ketones (excluding diaryl/α,β-unsaturated/α-hetero) is 4. The number of unbranched alkanes of at least 4 members (excludes halogenated alkanes) is 6. The Morgan fingerprint density at radius 2 is 0.895 bits per heavy atom. The molecule has 1 aromatic rings. The van der Waals surface area contributed by atoms with Gasteiger partial charge in [0.1, 0.15) is 34.6 Å². The zero-order chi connectivity index (χ0) is 28.2. The molecule has 0 N–H and O–H groups in total. The summed E-state index contributed by atoms with van der Waals surface area (Å²) in [7, 11) is 0. The van der Waals surface area contributed by atoms with Gasteiger partial charge in [-0.25, -0.2) is 0 Å². The average Bonchev–Trinajstić information content (AvgIpc) is 2.94. The van der Waals surface area contributed by atoms with Crippen molar-refractivity contribution >= 4 is 23.1 Å². The first-order valence-electron chi connectivity index (χ1n) is 14.8. The second-order valence-corrected chi connectivity index (χ2v) is 9.96. The second kappa shape index (κ2) is 20.5. The van der Waals surface area contributed by atoms with Crippen LogP contribution in [0.15, 0.2) is 24.3 Å². The van der Waals surface area contributed by atoms with Gasteiger partial charge in [0, 0.05) is 31.7 Å². The third-order valence-corrected chi connectivity index (χ3v) is 7.07. The fourth-order valence-corrected chi connectivity index (χ4v) is 4.63. The largest absolute Gasteiger partial charge is 0.493 e. The molecule has 0 saturated heterocycles. The summed E-state index contributed by atoms with van der Waals surface area (Å²) in [5.74, 6) is 1.03. The van der Waals surface area contributed by atoms with E-state index in [-0.39, 0.29) is 23.1 Å². The van der Waals surface area contributed by atoms with E-state index in [1.54, 1.807) is 0 Å². The molecule has 1 rings (SSSR count). The Labute approximate surface area is 230 Å². The van der Waals surface area contributed by atoms with Crippen LogP contribution in [0.5, 0.6) is 11.5 Å². The van der Waals surface area contributed by atoms with Gasteiger partial charge in [0.2, 0.25) is 0 Å². The van der Waals surface area contributed by atoms with E-state index in [1.165, 1.54) is 0 Å². The summed E-state index contributed by atoms with van der Waals surface area (Å²) in [6.07, 6.45) is 10.7. The van der Waals surface area contributed by atoms with E-state index < -0.39 is 11.8 Å². The number of hydrogen-bond donors (Lipinski definition) is 0. The van der Waals surface area contributed by atoms with Gasteiger partial charge < -0.3 is 9.47 Å². The molecule has 38 heavy (non-hydrogen) atoms. The predicted molar refractivity (Wildman–Crippen MR) is 152 cm³/mol. The molecule has 0 unspecified atom stereocenters. The lowest BCUT2D eigenvalue weighted by Crippen LogP contribution is -2.22. The summed E-state index contributed by atoms with van der Waals surface area (Å²) in [5, 5.41) is 0. The molecule has 0 spiro atoms. The molecule has 0 atom stereocenters. The number of ketones is 4. The predicted octanol–water partition coefficient (Wildman–Crippen LogP) is 7.49. The second-order valence-electron chi connectivity index (χ2n) is 9.96. The van der Waals surface area contributed by atoms with Crippen LogP contribution in [0, 0.1) is 11.8 Å². The highest BCUT2D eigenvalue weighted by Gasteiger charge is 2.23. The Morgan fingerprint density at radius 1 is 0.553 bits per heavy atom. The van der Waals surface area contributed by atoms with Crippen molar-refractivity contribution < 1.29 is 28.7 Å². The zero-order valence-electron chi connectivity index (χ0n) is 24.2. The van der Waals surface area contributed by atoms with Gasteiger partial charge in [-0.3, -0.25) is 19.2 Å². The first-order chi connectivity index (χ1) is 18.4. The number of benzene rings is 1. The molecule has 0 heterocycles. The fourth-order valence-electron chi connectivity index (χ4n) is 4.63. The van der Waals surface area contributed by atoms with Crippen LogP contribution in [0.2, 0.25) is 0 Å². The highest BCUT2D eigenvalue weighted by atomic mass is 16.5. The highest BCUT2D eigenvalue weighted by molar-refractivity contribution is 6.02. The lowest BCUT2D eigenvalue weighted by atomic mass is 9.90. The molecule has 0 amide bonds. The van der Waals surface area contributed by atoms with E-state index in [4.69, 9.17) is 9.47 Å². The summed E-state index contributed by atoms with van der Waals surface area (Å²) in [5.41, 5.74) is 0. The quantitative estimate of drug-likeness (QED) is 0.102. The van der Waals surface area contributed by atoms with Crippen LogP contribution in [0.1, 0.15) is 118 Å². The molecule has 0 bridgehead atoms. The SMILES string of the molecule is CCC(=O)C(CCCCCCOc1cccc(OCCCCCCC(C(=O)CC)C(=O)CC)c1)C(=O)CC. The molecule has 0 aliphatic heterocycles. The number of ether oxygens (including phenoxy) is 2. The maximum atomic E-state index is 12.0.